The molecule has 0 saturated carbocycles. The molecule has 118 valence electrons. The lowest BCUT2D eigenvalue weighted by Crippen LogP contribution is -2.39. The fourth-order valence-corrected chi connectivity index (χ4v) is 1.70. The Balaban J connectivity index is 2.35. The molecule has 1 aromatic heterocycles. The molecule has 0 bridgehead atoms. The zero-order chi connectivity index (χ0) is 15.5. The first-order valence-corrected chi connectivity index (χ1v) is 6.73. The van der Waals surface area contributed by atoms with Gasteiger partial charge in [-0.25, -0.2) is 0 Å². The normalized spacial score (nSPS) is 10.6. The Kier molecular flexibility index (Phi) is 8.15. The second kappa shape index (κ2) is 9.95. The fraction of sp³-hybridized carbons (Fsp3) is 0.571. The molecule has 1 N–H and O–H groups in total. The van der Waals surface area contributed by atoms with Crippen molar-refractivity contribution < 1.29 is 23.5 Å². The number of hydrogen-bond acceptors (Lipinski definition) is 6. The van der Waals surface area contributed by atoms with Gasteiger partial charge in [-0.3, -0.25) is 14.5 Å². The van der Waals surface area contributed by atoms with E-state index in [1.54, 1.807) is 25.5 Å². The van der Waals surface area contributed by atoms with E-state index in [0.717, 1.165) is 0 Å². The summed E-state index contributed by atoms with van der Waals surface area (Å²) in [5, 5.41) is 2.76. The van der Waals surface area contributed by atoms with Crippen LogP contribution in [0.3, 0.4) is 0 Å². The Morgan fingerprint density at radius 2 is 2.14 bits per heavy atom. The molecular weight excluding hydrogens is 276 g/mol. The van der Waals surface area contributed by atoms with Gasteiger partial charge in [0, 0.05) is 20.2 Å². The van der Waals surface area contributed by atoms with E-state index >= 15 is 0 Å². The molecule has 1 heterocycles. The van der Waals surface area contributed by atoms with E-state index in [1.807, 2.05) is 4.90 Å². The number of hydrogen-bond donors (Lipinski definition) is 1. The van der Waals surface area contributed by atoms with Gasteiger partial charge in [0.15, 0.2) is 0 Å². The number of nitrogens with one attached hydrogen (secondary N) is 1. The van der Waals surface area contributed by atoms with Crippen LogP contribution in [0.15, 0.2) is 22.8 Å². The number of amides is 1. The van der Waals surface area contributed by atoms with E-state index < -0.39 is 0 Å². The van der Waals surface area contributed by atoms with Crippen LogP contribution in [0.5, 0.6) is 0 Å². The van der Waals surface area contributed by atoms with Crippen molar-refractivity contribution in [2.75, 3.05) is 40.5 Å². The summed E-state index contributed by atoms with van der Waals surface area (Å²) in [6, 6.07) is 3.56. The highest BCUT2D eigenvalue weighted by molar-refractivity contribution is 5.78. The molecule has 0 aliphatic rings. The third kappa shape index (κ3) is 7.48. The molecule has 21 heavy (non-hydrogen) atoms. The van der Waals surface area contributed by atoms with E-state index in [2.05, 4.69) is 10.1 Å². The Labute approximate surface area is 124 Å². The Morgan fingerprint density at radius 3 is 2.76 bits per heavy atom. The second-order valence-corrected chi connectivity index (χ2v) is 4.45. The lowest BCUT2D eigenvalue weighted by Gasteiger charge is -2.20. The third-order valence-electron chi connectivity index (χ3n) is 2.88. The van der Waals surface area contributed by atoms with Gasteiger partial charge >= 0.3 is 5.97 Å². The first-order valence-electron chi connectivity index (χ1n) is 6.73. The van der Waals surface area contributed by atoms with Crippen LogP contribution in [0.2, 0.25) is 0 Å². The average molecular weight is 298 g/mol. The Hall–Kier alpha value is -1.86. The van der Waals surface area contributed by atoms with Crippen LogP contribution in [-0.2, 0) is 25.6 Å². The molecule has 0 fully saturated rings. The van der Waals surface area contributed by atoms with E-state index in [9.17, 15) is 9.59 Å². The van der Waals surface area contributed by atoms with Gasteiger partial charge in [-0.05, 0) is 12.1 Å². The first kappa shape index (κ1) is 17.2. The van der Waals surface area contributed by atoms with Gasteiger partial charge in [0.1, 0.15) is 5.76 Å². The number of ether oxygens (including phenoxy) is 2. The largest absolute Gasteiger partial charge is 0.469 e. The lowest BCUT2D eigenvalue weighted by atomic mass is 10.3. The van der Waals surface area contributed by atoms with Gasteiger partial charge in [0.05, 0.1) is 39.5 Å². The molecule has 0 radical (unpaired) electrons. The van der Waals surface area contributed by atoms with Crippen molar-refractivity contribution >= 4 is 11.9 Å². The summed E-state index contributed by atoms with van der Waals surface area (Å²) in [6.45, 7) is 2.06. The summed E-state index contributed by atoms with van der Waals surface area (Å²) in [4.78, 5) is 24.9. The standard InChI is InChI=1S/C14H22N2O5/c1-19-9-7-16(6-5-14(18)20-2)11-13(17)15-10-12-4-3-8-21-12/h3-4,8H,5-7,9-11H2,1-2H3,(H,15,17). The van der Waals surface area contributed by atoms with E-state index in [-0.39, 0.29) is 24.8 Å². The van der Waals surface area contributed by atoms with Crippen LogP contribution >= 0.6 is 0 Å². The number of nitrogens with zero attached hydrogens (tertiary/aromatic N) is 1. The third-order valence-corrected chi connectivity index (χ3v) is 2.88. The highest BCUT2D eigenvalue weighted by Gasteiger charge is 2.13. The molecule has 7 heteroatoms. The number of esters is 1. The summed E-state index contributed by atoms with van der Waals surface area (Å²) >= 11 is 0. The van der Waals surface area contributed by atoms with Crippen LogP contribution in [0.4, 0.5) is 0 Å². The minimum Gasteiger partial charge on any atom is -0.469 e. The molecule has 1 rings (SSSR count). The van der Waals surface area contributed by atoms with Crippen molar-refractivity contribution in [2.24, 2.45) is 0 Å². The van der Waals surface area contributed by atoms with Crippen LogP contribution in [0, 0.1) is 0 Å². The fourth-order valence-electron chi connectivity index (χ4n) is 1.70. The monoisotopic (exact) mass is 298 g/mol. The number of carbonyl (C=O) groups excluding carboxylic acids is 2. The molecule has 1 aromatic rings. The van der Waals surface area contributed by atoms with Crippen molar-refractivity contribution in [1.29, 1.82) is 0 Å². The average Bonchev–Trinajstić information content (AvgIpc) is 3.00. The maximum Gasteiger partial charge on any atom is 0.306 e. The molecule has 0 unspecified atom stereocenters. The van der Waals surface area contributed by atoms with Crippen molar-refractivity contribution in [2.45, 2.75) is 13.0 Å². The van der Waals surface area contributed by atoms with Gasteiger partial charge in [-0.2, -0.15) is 0 Å². The topological polar surface area (TPSA) is 81.0 Å². The summed E-state index contributed by atoms with van der Waals surface area (Å²) in [5.41, 5.74) is 0. The minimum absolute atomic E-state index is 0.132. The van der Waals surface area contributed by atoms with Crippen LogP contribution in [-0.4, -0.2) is 57.2 Å². The van der Waals surface area contributed by atoms with Crippen LogP contribution < -0.4 is 5.32 Å². The van der Waals surface area contributed by atoms with E-state index in [4.69, 9.17) is 9.15 Å². The molecule has 0 aromatic carbocycles. The van der Waals surface area contributed by atoms with Crippen LogP contribution in [0.25, 0.3) is 0 Å². The highest BCUT2D eigenvalue weighted by Crippen LogP contribution is 1.99. The Bertz CT molecular complexity index is 419. The van der Waals surface area contributed by atoms with Crippen molar-refractivity contribution in [3.63, 3.8) is 0 Å². The molecule has 0 saturated heterocycles. The lowest BCUT2D eigenvalue weighted by molar-refractivity contribution is -0.141. The molecule has 0 aliphatic heterocycles. The molecule has 1 amide bonds. The van der Waals surface area contributed by atoms with Crippen molar-refractivity contribution in [1.82, 2.24) is 10.2 Å². The van der Waals surface area contributed by atoms with Gasteiger partial charge in [0.25, 0.3) is 0 Å². The molecule has 0 aliphatic carbocycles. The number of carbonyl (C=O) groups is 2. The van der Waals surface area contributed by atoms with Gasteiger partial charge < -0.3 is 19.2 Å². The van der Waals surface area contributed by atoms with Crippen molar-refractivity contribution in [3.8, 4) is 0 Å². The second-order valence-electron chi connectivity index (χ2n) is 4.45. The molecule has 7 nitrogen and oxygen atoms in total. The minimum atomic E-state index is -0.298. The SMILES string of the molecule is COCCN(CCC(=O)OC)CC(=O)NCc1ccco1. The smallest absolute Gasteiger partial charge is 0.306 e. The maximum atomic E-state index is 11.9. The first-order chi connectivity index (χ1) is 10.2. The number of furan rings is 1. The maximum absolute atomic E-state index is 11.9. The van der Waals surface area contributed by atoms with E-state index in [1.165, 1.54) is 7.11 Å². The summed E-state index contributed by atoms with van der Waals surface area (Å²) in [6.07, 6.45) is 1.80. The van der Waals surface area contributed by atoms with Crippen LogP contribution in [0.1, 0.15) is 12.2 Å². The molecular formula is C14H22N2O5. The summed E-state index contributed by atoms with van der Waals surface area (Å²) < 4.78 is 14.7. The quantitative estimate of drug-likeness (QED) is 0.630. The van der Waals surface area contributed by atoms with E-state index in [0.29, 0.717) is 32.0 Å². The zero-order valence-electron chi connectivity index (χ0n) is 12.5. The molecule has 0 spiro atoms. The predicted octanol–water partition coefficient (Wildman–Crippen LogP) is 0.407. The summed E-state index contributed by atoms with van der Waals surface area (Å²) in [7, 11) is 2.94. The van der Waals surface area contributed by atoms with Gasteiger partial charge in [-0.1, -0.05) is 0 Å². The zero-order valence-corrected chi connectivity index (χ0v) is 12.5. The number of methoxy groups -OCH3 is 2. The molecule has 0 atom stereocenters. The van der Waals surface area contributed by atoms with Gasteiger partial charge in [-0.15, -0.1) is 0 Å². The predicted molar refractivity (Wildman–Crippen MR) is 75.5 cm³/mol. The Morgan fingerprint density at radius 1 is 1.33 bits per heavy atom. The highest BCUT2D eigenvalue weighted by atomic mass is 16.5. The van der Waals surface area contributed by atoms with Gasteiger partial charge in [0.2, 0.25) is 5.91 Å². The number of rotatable bonds is 10. The van der Waals surface area contributed by atoms with Crippen molar-refractivity contribution in [3.05, 3.63) is 24.2 Å². The summed E-state index contributed by atoms with van der Waals surface area (Å²) in [5.74, 6) is 0.266.